The number of anilines is 1. The minimum atomic E-state index is -0.884. The smallest absolute Gasteiger partial charge is 0.300 e. The van der Waals surface area contributed by atoms with E-state index >= 15 is 0 Å². The van der Waals surface area contributed by atoms with Gasteiger partial charge in [0.25, 0.3) is 5.91 Å². The highest BCUT2D eigenvalue weighted by molar-refractivity contribution is 5.95. The number of nitro groups is 1. The van der Waals surface area contributed by atoms with E-state index in [1.807, 2.05) is 4.90 Å². The largest absolute Gasteiger partial charge is 0.364 e. The van der Waals surface area contributed by atoms with Gasteiger partial charge in [0.15, 0.2) is 0 Å². The molecule has 1 aromatic rings. The number of nitrogens with two attached hydrogens (primary N) is 1. The second-order valence-electron chi connectivity index (χ2n) is 3.15. The summed E-state index contributed by atoms with van der Waals surface area (Å²) in [6.45, 7) is 1.70. The van der Waals surface area contributed by atoms with Crippen molar-refractivity contribution in [3.05, 3.63) is 27.9 Å². The molecule has 0 aliphatic carbocycles. The molecule has 2 N–H and O–H groups in total. The van der Waals surface area contributed by atoms with Gasteiger partial charge in [-0.2, -0.15) is 0 Å². The zero-order valence-electron chi connectivity index (χ0n) is 7.71. The molecule has 0 bridgehead atoms. The molecule has 1 aromatic heterocycles. The number of pyridine rings is 1. The minimum Gasteiger partial charge on any atom is -0.364 e. The van der Waals surface area contributed by atoms with Gasteiger partial charge in [0.2, 0.25) is 5.69 Å². The van der Waals surface area contributed by atoms with E-state index in [1.54, 1.807) is 0 Å². The van der Waals surface area contributed by atoms with Gasteiger partial charge in [-0.3, -0.25) is 14.9 Å². The average Bonchev–Trinajstić information content (AvgIpc) is 2.99. The standard InChI is InChI=1S/C8H8N4O3/c9-8(13)7-5(12(14)15)1-2-6(10-7)11-3-4-11/h1-2H,3-4H2,(H2,9,13). The zero-order chi connectivity index (χ0) is 11.0. The van der Waals surface area contributed by atoms with Crippen molar-refractivity contribution in [3.8, 4) is 0 Å². The van der Waals surface area contributed by atoms with Crippen molar-refractivity contribution in [2.24, 2.45) is 5.73 Å². The van der Waals surface area contributed by atoms with E-state index in [0.29, 0.717) is 5.82 Å². The van der Waals surface area contributed by atoms with Crippen LogP contribution in [0.25, 0.3) is 0 Å². The number of amides is 1. The number of hydrogen-bond donors (Lipinski definition) is 1. The molecule has 1 aliphatic heterocycles. The monoisotopic (exact) mass is 208 g/mol. The summed E-state index contributed by atoms with van der Waals surface area (Å²) in [5.74, 6) is -0.334. The molecule has 0 aromatic carbocycles. The Balaban J connectivity index is 2.48. The molecule has 0 unspecified atom stereocenters. The number of aromatic nitrogens is 1. The van der Waals surface area contributed by atoms with Crippen LogP contribution in [0.4, 0.5) is 11.5 Å². The van der Waals surface area contributed by atoms with E-state index in [9.17, 15) is 14.9 Å². The molecular weight excluding hydrogens is 200 g/mol. The summed E-state index contributed by atoms with van der Waals surface area (Å²) in [7, 11) is 0. The molecule has 7 heteroatoms. The molecule has 2 heterocycles. The van der Waals surface area contributed by atoms with Gasteiger partial charge in [0.05, 0.1) is 4.92 Å². The van der Waals surface area contributed by atoms with Crippen LogP contribution in [0, 0.1) is 10.1 Å². The normalized spacial score (nSPS) is 13.7. The Morgan fingerprint density at radius 1 is 1.53 bits per heavy atom. The number of primary amides is 1. The predicted molar refractivity (Wildman–Crippen MR) is 51.6 cm³/mol. The van der Waals surface area contributed by atoms with Gasteiger partial charge in [-0.25, -0.2) is 4.98 Å². The molecule has 0 saturated carbocycles. The summed E-state index contributed by atoms with van der Waals surface area (Å²) >= 11 is 0. The van der Waals surface area contributed by atoms with E-state index in [2.05, 4.69) is 4.98 Å². The van der Waals surface area contributed by atoms with Crippen LogP contribution in [0.2, 0.25) is 0 Å². The topological polar surface area (TPSA) is 102 Å². The van der Waals surface area contributed by atoms with Crippen molar-refractivity contribution < 1.29 is 9.72 Å². The summed E-state index contributed by atoms with van der Waals surface area (Å²) in [4.78, 5) is 26.6. The van der Waals surface area contributed by atoms with Gasteiger partial charge in [-0.1, -0.05) is 0 Å². The fourth-order valence-electron chi connectivity index (χ4n) is 1.23. The first-order chi connectivity index (χ1) is 7.09. The van der Waals surface area contributed by atoms with Crippen LogP contribution in [-0.4, -0.2) is 28.9 Å². The van der Waals surface area contributed by atoms with Gasteiger partial charge in [-0.05, 0) is 6.07 Å². The van der Waals surface area contributed by atoms with Gasteiger partial charge in [-0.15, -0.1) is 0 Å². The Kier molecular flexibility index (Phi) is 2.00. The summed E-state index contributed by atoms with van der Waals surface area (Å²) in [5.41, 5.74) is 4.38. The second kappa shape index (κ2) is 3.19. The molecule has 2 rings (SSSR count). The van der Waals surface area contributed by atoms with E-state index in [-0.39, 0.29) is 11.4 Å². The Morgan fingerprint density at radius 3 is 2.67 bits per heavy atom. The molecule has 15 heavy (non-hydrogen) atoms. The molecule has 0 spiro atoms. The third-order valence-electron chi connectivity index (χ3n) is 2.06. The maximum Gasteiger partial charge on any atom is 0.300 e. The van der Waals surface area contributed by atoms with E-state index in [1.165, 1.54) is 12.1 Å². The summed E-state index contributed by atoms with van der Waals surface area (Å²) < 4.78 is 0. The van der Waals surface area contributed by atoms with Gasteiger partial charge in [0, 0.05) is 19.2 Å². The van der Waals surface area contributed by atoms with Crippen molar-refractivity contribution in [1.29, 1.82) is 0 Å². The minimum absolute atomic E-state index is 0.288. The van der Waals surface area contributed by atoms with Crippen molar-refractivity contribution in [3.63, 3.8) is 0 Å². The van der Waals surface area contributed by atoms with Crippen LogP contribution >= 0.6 is 0 Å². The maximum atomic E-state index is 11.0. The first kappa shape index (κ1) is 9.38. The van der Waals surface area contributed by atoms with E-state index in [4.69, 9.17) is 5.73 Å². The maximum absolute atomic E-state index is 11.0. The lowest BCUT2D eigenvalue weighted by Gasteiger charge is -2.03. The first-order valence-electron chi connectivity index (χ1n) is 4.30. The van der Waals surface area contributed by atoms with Crippen LogP contribution in [-0.2, 0) is 0 Å². The fourth-order valence-corrected chi connectivity index (χ4v) is 1.23. The molecule has 7 nitrogen and oxygen atoms in total. The van der Waals surface area contributed by atoms with Gasteiger partial charge in [0.1, 0.15) is 5.82 Å². The third kappa shape index (κ3) is 1.71. The SMILES string of the molecule is NC(=O)c1nc(N2CC2)ccc1[N+](=O)[O-]. The van der Waals surface area contributed by atoms with Crippen molar-refractivity contribution in [2.45, 2.75) is 0 Å². The Labute approximate surface area is 84.7 Å². The van der Waals surface area contributed by atoms with E-state index in [0.717, 1.165) is 13.1 Å². The predicted octanol–water partition coefficient (Wildman–Crippen LogP) is -0.0913. The Hall–Kier alpha value is -2.18. The molecule has 1 aliphatic rings. The number of hydrogen-bond acceptors (Lipinski definition) is 5. The van der Waals surface area contributed by atoms with Crippen LogP contribution in [0.3, 0.4) is 0 Å². The zero-order valence-corrected chi connectivity index (χ0v) is 7.71. The number of carbonyl (C=O) groups is 1. The van der Waals surface area contributed by atoms with Crippen LogP contribution in [0.15, 0.2) is 12.1 Å². The van der Waals surface area contributed by atoms with E-state index < -0.39 is 10.8 Å². The lowest BCUT2D eigenvalue weighted by Crippen LogP contribution is -2.16. The molecule has 1 fully saturated rings. The van der Waals surface area contributed by atoms with Gasteiger partial charge < -0.3 is 10.6 Å². The molecule has 0 atom stereocenters. The number of rotatable bonds is 3. The average molecular weight is 208 g/mol. The van der Waals surface area contributed by atoms with Gasteiger partial charge >= 0.3 is 5.69 Å². The van der Waals surface area contributed by atoms with Crippen LogP contribution < -0.4 is 10.6 Å². The molecular formula is C8H8N4O3. The highest BCUT2D eigenvalue weighted by atomic mass is 16.6. The molecule has 0 radical (unpaired) electrons. The number of nitrogens with zero attached hydrogens (tertiary/aromatic N) is 3. The Bertz CT molecular complexity index is 442. The summed E-state index contributed by atoms with van der Waals surface area (Å²) in [6.07, 6.45) is 0. The first-order valence-corrected chi connectivity index (χ1v) is 4.30. The molecule has 78 valence electrons. The third-order valence-corrected chi connectivity index (χ3v) is 2.06. The number of carbonyl (C=O) groups excluding carboxylic acids is 1. The summed E-state index contributed by atoms with van der Waals surface area (Å²) in [5, 5.41) is 10.6. The fraction of sp³-hybridized carbons (Fsp3) is 0.250. The summed E-state index contributed by atoms with van der Waals surface area (Å²) in [6, 6.07) is 2.76. The lowest BCUT2D eigenvalue weighted by molar-refractivity contribution is -0.385. The van der Waals surface area contributed by atoms with Crippen LogP contribution in [0.5, 0.6) is 0 Å². The van der Waals surface area contributed by atoms with Crippen molar-refractivity contribution in [2.75, 3.05) is 18.0 Å². The molecule has 1 saturated heterocycles. The van der Waals surface area contributed by atoms with Crippen LogP contribution in [0.1, 0.15) is 10.5 Å². The Morgan fingerprint density at radius 2 is 2.20 bits per heavy atom. The lowest BCUT2D eigenvalue weighted by atomic mass is 10.3. The quantitative estimate of drug-likeness (QED) is 0.424. The second-order valence-corrected chi connectivity index (χ2v) is 3.15. The van der Waals surface area contributed by atoms with Crippen molar-refractivity contribution in [1.82, 2.24) is 4.98 Å². The highest BCUT2D eigenvalue weighted by Crippen LogP contribution is 2.23. The highest BCUT2D eigenvalue weighted by Gasteiger charge is 2.25. The van der Waals surface area contributed by atoms with Crippen molar-refractivity contribution >= 4 is 17.4 Å². The molecule has 1 amide bonds.